The van der Waals surface area contributed by atoms with E-state index >= 15 is 0 Å². The van der Waals surface area contributed by atoms with Crippen LogP contribution in [0, 0.1) is 13.8 Å². The van der Waals surface area contributed by atoms with E-state index in [0.717, 1.165) is 17.3 Å². The SMILES string of the molecule is Cc1ccc(Nc2cc(NN)nc(C(C)C)n2)cc1C. The Labute approximate surface area is 119 Å². The van der Waals surface area contributed by atoms with Crippen molar-refractivity contribution >= 4 is 17.3 Å². The molecule has 0 aliphatic carbocycles. The molecule has 0 aliphatic rings. The molecular weight excluding hydrogens is 250 g/mol. The third-order valence-electron chi connectivity index (χ3n) is 3.19. The van der Waals surface area contributed by atoms with Crippen molar-refractivity contribution in [1.29, 1.82) is 0 Å². The number of nitrogens with one attached hydrogen (secondary N) is 2. The van der Waals surface area contributed by atoms with E-state index in [0.29, 0.717) is 5.82 Å². The Hall–Kier alpha value is -2.14. The lowest BCUT2D eigenvalue weighted by Crippen LogP contribution is -2.12. The summed E-state index contributed by atoms with van der Waals surface area (Å²) in [6, 6.07) is 8.02. The van der Waals surface area contributed by atoms with Crippen molar-refractivity contribution < 1.29 is 0 Å². The molecular formula is C15H21N5. The van der Waals surface area contributed by atoms with Gasteiger partial charge in [0.15, 0.2) is 0 Å². The highest BCUT2D eigenvalue weighted by atomic mass is 15.3. The maximum atomic E-state index is 5.46. The molecule has 0 amide bonds. The molecule has 5 nitrogen and oxygen atoms in total. The number of nitrogens with two attached hydrogens (primary N) is 1. The van der Waals surface area contributed by atoms with Crippen molar-refractivity contribution in [2.45, 2.75) is 33.6 Å². The van der Waals surface area contributed by atoms with E-state index < -0.39 is 0 Å². The van der Waals surface area contributed by atoms with Gasteiger partial charge in [0.1, 0.15) is 17.5 Å². The average molecular weight is 271 g/mol. The minimum atomic E-state index is 0.239. The summed E-state index contributed by atoms with van der Waals surface area (Å²) in [5.41, 5.74) is 6.09. The van der Waals surface area contributed by atoms with Crippen molar-refractivity contribution in [3.05, 3.63) is 41.2 Å². The molecule has 2 rings (SSSR count). The molecule has 1 aromatic heterocycles. The van der Waals surface area contributed by atoms with E-state index in [4.69, 9.17) is 5.84 Å². The zero-order chi connectivity index (χ0) is 14.7. The standard InChI is InChI=1S/C15H21N5/c1-9(2)15-18-13(8-14(19-15)20-16)17-12-6-5-10(3)11(4)7-12/h5-9H,16H2,1-4H3,(H2,17,18,19,20). The molecule has 0 aliphatic heterocycles. The fraction of sp³-hybridized carbons (Fsp3) is 0.333. The summed E-state index contributed by atoms with van der Waals surface area (Å²) < 4.78 is 0. The highest BCUT2D eigenvalue weighted by molar-refractivity contribution is 5.60. The van der Waals surface area contributed by atoms with Gasteiger partial charge in [-0.1, -0.05) is 19.9 Å². The van der Waals surface area contributed by atoms with Crippen LogP contribution in [-0.2, 0) is 0 Å². The average Bonchev–Trinajstić information content (AvgIpc) is 2.42. The van der Waals surface area contributed by atoms with Crippen molar-refractivity contribution in [2.24, 2.45) is 5.84 Å². The smallest absolute Gasteiger partial charge is 0.145 e. The zero-order valence-electron chi connectivity index (χ0n) is 12.4. The monoisotopic (exact) mass is 271 g/mol. The molecule has 1 aromatic carbocycles. The zero-order valence-corrected chi connectivity index (χ0v) is 12.4. The molecule has 0 saturated carbocycles. The van der Waals surface area contributed by atoms with Gasteiger partial charge in [-0.05, 0) is 37.1 Å². The number of nitrogens with zero attached hydrogens (tertiary/aromatic N) is 2. The lowest BCUT2D eigenvalue weighted by molar-refractivity contribution is 0.777. The van der Waals surface area contributed by atoms with Gasteiger partial charge in [-0.15, -0.1) is 0 Å². The van der Waals surface area contributed by atoms with Crippen LogP contribution in [0.4, 0.5) is 17.3 Å². The molecule has 0 saturated heterocycles. The van der Waals surface area contributed by atoms with Crippen LogP contribution in [0.15, 0.2) is 24.3 Å². The Balaban J connectivity index is 2.32. The Kier molecular flexibility index (Phi) is 4.20. The minimum Gasteiger partial charge on any atom is -0.340 e. The second-order valence-corrected chi connectivity index (χ2v) is 5.22. The van der Waals surface area contributed by atoms with E-state index in [-0.39, 0.29) is 5.92 Å². The van der Waals surface area contributed by atoms with Crippen LogP contribution in [0.5, 0.6) is 0 Å². The summed E-state index contributed by atoms with van der Waals surface area (Å²) in [7, 11) is 0. The first kappa shape index (κ1) is 14.3. The van der Waals surface area contributed by atoms with Crippen LogP contribution in [0.1, 0.15) is 36.7 Å². The van der Waals surface area contributed by atoms with E-state index in [9.17, 15) is 0 Å². The number of aromatic nitrogens is 2. The quantitative estimate of drug-likeness (QED) is 0.588. The first-order valence-corrected chi connectivity index (χ1v) is 6.69. The topological polar surface area (TPSA) is 75.9 Å². The summed E-state index contributed by atoms with van der Waals surface area (Å²) in [5, 5.41) is 3.30. The number of hydrogen-bond acceptors (Lipinski definition) is 5. The Morgan fingerprint density at radius 2 is 1.70 bits per heavy atom. The van der Waals surface area contributed by atoms with Gasteiger partial charge in [-0.3, -0.25) is 0 Å². The summed E-state index contributed by atoms with van der Waals surface area (Å²) in [4.78, 5) is 8.85. The highest BCUT2D eigenvalue weighted by Crippen LogP contribution is 2.21. The first-order valence-electron chi connectivity index (χ1n) is 6.69. The van der Waals surface area contributed by atoms with Crippen LogP contribution >= 0.6 is 0 Å². The van der Waals surface area contributed by atoms with E-state index in [1.165, 1.54) is 11.1 Å². The molecule has 0 fully saturated rings. The first-order chi connectivity index (χ1) is 9.49. The molecule has 2 aromatic rings. The predicted molar refractivity (Wildman–Crippen MR) is 83.1 cm³/mol. The second kappa shape index (κ2) is 5.88. The molecule has 5 heteroatoms. The second-order valence-electron chi connectivity index (χ2n) is 5.22. The normalized spacial score (nSPS) is 10.7. The largest absolute Gasteiger partial charge is 0.340 e. The number of aryl methyl sites for hydroxylation is 2. The lowest BCUT2D eigenvalue weighted by Gasteiger charge is -2.12. The van der Waals surface area contributed by atoms with Crippen LogP contribution in [-0.4, -0.2) is 9.97 Å². The van der Waals surface area contributed by atoms with Gasteiger partial charge in [-0.25, -0.2) is 15.8 Å². The molecule has 0 radical (unpaired) electrons. The van der Waals surface area contributed by atoms with Crippen molar-refractivity contribution in [1.82, 2.24) is 9.97 Å². The summed E-state index contributed by atoms with van der Waals surface area (Å²) in [5.74, 6) is 7.80. The fourth-order valence-electron chi connectivity index (χ4n) is 1.83. The number of rotatable bonds is 4. The highest BCUT2D eigenvalue weighted by Gasteiger charge is 2.08. The van der Waals surface area contributed by atoms with E-state index in [2.05, 4.69) is 60.5 Å². The minimum absolute atomic E-state index is 0.239. The van der Waals surface area contributed by atoms with Crippen LogP contribution in [0.3, 0.4) is 0 Å². The number of hydrogen-bond donors (Lipinski definition) is 3. The summed E-state index contributed by atoms with van der Waals surface area (Å²) in [6.07, 6.45) is 0. The molecule has 0 spiro atoms. The van der Waals surface area contributed by atoms with Gasteiger partial charge < -0.3 is 10.7 Å². The Bertz CT molecular complexity index is 607. The Morgan fingerprint density at radius 1 is 1.00 bits per heavy atom. The van der Waals surface area contributed by atoms with Gasteiger partial charge in [0, 0.05) is 17.7 Å². The maximum absolute atomic E-state index is 5.46. The number of benzene rings is 1. The molecule has 106 valence electrons. The van der Waals surface area contributed by atoms with Gasteiger partial charge >= 0.3 is 0 Å². The van der Waals surface area contributed by atoms with Crippen LogP contribution in [0.25, 0.3) is 0 Å². The van der Waals surface area contributed by atoms with Crippen molar-refractivity contribution in [2.75, 3.05) is 10.7 Å². The molecule has 0 atom stereocenters. The predicted octanol–water partition coefficient (Wildman–Crippen LogP) is 3.25. The van der Waals surface area contributed by atoms with Gasteiger partial charge in [0.2, 0.25) is 0 Å². The fourth-order valence-corrected chi connectivity index (χ4v) is 1.83. The molecule has 1 heterocycles. The summed E-state index contributed by atoms with van der Waals surface area (Å²) in [6.45, 7) is 8.29. The van der Waals surface area contributed by atoms with Crippen molar-refractivity contribution in [3.8, 4) is 0 Å². The third kappa shape index (κ3) is 3.24. The van der Waals surface area contributed by atoms with Crippen molar-refractivity contribution in [3.63, 3.8) is 0 Å². The molecule has 0 unspecified atom stereocenters. The number of anilines is 3. The summed E-state index contributed by atoms with van der Waals surface area (Å²) >= 11 is 0. The van der Waals surface area contributed by atoms with E-state index in [1.54, 1.807) is 6.07 Å². The van der Waals surface area contributed by atoms with E-state index in [1.807, 2.05) is 6.07 Å². The number of hydrazine groups is 1. The lowest BCUT2D eigenvalue weighted by atomic mass is 10.1. The molecule has 20 heavy (non-hydrogen) atoms. The Morgan fingerprint density at radius 3 is 2.30 bits per heavy atom. The molecule has 4 N–H and O–H groups in total. The molecule has 0 bridgehead atoms. The van der Waals surface area contributed by atoms with Gasteiger partial charge in [-0.2, -0.15) is 0 Å². The van der Waals surface area contributed by atoms with Crippen LogP contribution in [0.2, 0.25) is 0 Å². The van der Waals surface area contributed by atoms with Crippen LogP contribution < -0.4 is 16.6 Å². The maximum Gasteiger partial charge on any atom is 0.145 e. The third-order valence-corrected chi connectivity index (χ3v) is 3.19. The number of nitrogen functional groups attached to an aromatic ring is 1. The van der Waals surface area contributed by atoms with Gasteiger partial charge in [0.25, 0.3) is 0 Å². The van der Waals surface area contributed by atoms with Gasteiger partial charge in [0.05, 0.1) is 0 Å².